The zero-order chi connectivity index (χ0) is 35.6. The van der Waals surface area contributed by atoms with Crippen LogP contribution in [0.1, 0.15) is 31.8 Å². The zero-order valence-corrected chi connectivity index (χ0v) is 28.7. The molecule has 1 radical (unpaired) electrons. The monoisotopic (exact) mass is 719 g/mol. The van der Waals surface area contributed by atoms with Crippen molar-refractivity contribution in [1.82, 2.24) is 0 Å². The van der Waals surface area contributed by atoms with Gasteiger partial charge in [0.15, 0.2) is 0 Å². The Bertz CT molecular complexity index is 2150. The van der Waals surface area contributed by atoms with Crippen LogP contribution < -0.4 is 22.9 Å². The van der Waals surface area contributed by atoms with Crippen LogP contribution in [0.5, 0.6) is 0 Å². The normalized spacial score (nSPS) is 12.0. The van der Waals surface area contributed by atoms with Crippen molar-refractivity contribution in [3.8, 4) is 0 Å². The number of benzene rings is 4. The van der Waals surface area contributed by atoms with Crippen LogP contribution in [0.2, 0.25) is 0 Å². The van der Waals surface area contributed by atoms with Gasteiger partial charge in [0.1, 0.15) is 21.2 Å². The SMILES string of the molecule is Nc1cc(N)c(N=Nc2ccc(C=Cc3ccc(N=Nc4c(N)cc(N)cc4C(=O)O)cc3S(=O)(=O)O)c(S(=O)(=O)O)c2)c(C(=O)O)c1.[Na]. The fraction of sp³-hybridized carbons (Fsp3) is 0. The summed E-state index contributed by atoms with van der Waals surface area (Å²) in [5.74, 6) is -2.80. The van der Waals surface area contributed by atoms with Gasteiger partial charge < -0.3 is 33.1 Å². The molecule has 0 saturated carbocycles. The number of aromatic carboxylic acids is 2. The molecule has 4 aromatic rings. The van der Waals surface area contributed by atoms with Gasteiger partial charge in [-0.3, -0.25) is 9.11 Å². The molecule has 4 rings (SSSR count). The molecule has 0 saturated heterocycles. The molecule has 4 aromatic carbocycles. The molecule has 0 aliphatic carbocycles. The Morgan fingerprint density at radius 2 is 0.918 bits per heavy atom. The molecular formula is C28H24N8NaO10S2. The summed E-state index contributed by atoms with van der Waals surface area (Å²) in [4.78, 5) is 21.8. The van der Waals surface area contributed by atoms with E-state index in [0.29, 0.717) is 0 Å². The second-order valence-electron chi connectivity index (χ2n) is 9.75. The van der Waals surface area contributed by atoms with E-state index < -0.39 is 42.0 Å². The maximum Gasteiger partial charge on any atom is 0.338 e. The molecule has 0 aliphatic rings. The number of nitrogens with zero attached hydrogens (tertiary/aromatic N) is 4. The number of hydrogen-bond donors (Lipinski definition) is 8. The topological polar surface area (TPSA) is 337 Å². The summed E-state index contributed by atoms with van der Waals surface area (Å²) in [5.41, 5.74) is 20.9. The average molecular weight is 720 g/mol. The minimum atomic E-state index is -4.92. The summed E-state index contributed by atoms with van der Waals surface area (Å²) in [6.07, 6.45) is 2.23. The van der Waals surface area contributed by atoms with Crippen LogP contribution >= 0.6 is 0 Å². The zero-order valence-electron chi connectivity index (χ0n) is 25.1. The third-order valence-corrected chi connectivity index (χ3v) is 8.13. The summed E-state index contributed by atoms with van der Waals surface area (Å²) < 4.78 is 68.6. The number of anilines is 4. The summed E-state index contributed by atoms with van der Waals surface area (Å²) >= 11 is 0. The fourth-order valence-corrected chi connectivity index (χ4v) is 5.60. The smallest absolute Gasteiger partial charge is 0.338 e. The Kier molecular flexibility index (Phi) is 11.6. The van der Waals surface area contributed by atoms with Crippen molar-refractivity contribution in [2.45, 2.75) is 9.79 Å². The van der Waals surface area contributed by atoms with Gasteiger partial charge >= 0.3 is 11.9 Å². The molecule has 0 heterocycles. The Hall–Kier alpha value is -5.22. The molecule has 0 spiro atoms. The van der Waals surface area contributed by atoms with E-state index in [1.807, 2.05) is 0 Å². The maximum atomic E-state index is 12.2. The Labute approximate surface area is 299 Å². The fourth-order valence-electron chi connectivity index (χ4n) is 4.20. The van der Waals surface area contributed by atoms with Crippen LogP contribution in [-0.4, -0.2) is 77.7 Å². The van der Waals surface area contributed by atoms with E-state index in [9.17, 15) is 45.7 Å². The number of hydrogen-bond acceptors (Lipinski definition) is 14. The van der Waals surface area contributed by atoms with Crippen LogP contribution in [0, 0.1) is 0 Å². The predicted molar refractivity (Wildman–Crippen MR) is 180 cm³/mol. The molecule has 0 fully saturated rings. The number of carbonyl (C=O) groups is 2. The van der Waals surface area contributed by atoms with Gasteiger partial charge in [0.2, 0.25) is 0 Å². The Morgan fingerprint density at radius 1 is 0.571 bits per heavy atom. The first-order chi connectivity index (χ1) is 22.3. The van der Waals surface area contributed by atoms with Crippen molar-refractivity contribution in [3.05, 3.63) is 82.9 Å². The molecule has 249 valence electrons. The van der Waals surface area contributed by atoms with E-state index in [0.717, 1.165) is 36.4 Å². The van der Waals surface area contributed by atoms with Gasteiger partial charge in [-0.05, 0) is 59.7 Å². The number of rotatable bonds is 10. The Morgan fingerprint density at radius 3 is 1.22 bits per heavy atom. The Balaban J connectivity index is 0.00000650. The van der Waals surface area contributed by atoms with E-state index in [4.69, 9.17) is 22.9 Å². The van der Waals surface area contributed by atoms with Gasteiger partial charge in [-0.15, -0.1) is 10.2 Å². The van der Waals surface area contributed by atoms with E-state index in [1.54, 1.807) is 0 Å². The first-order valence-electron chi connectivity index (χ1n) is 12.9. The van der Waals surface area contributed by atoms with Crippen LogP contribution in [0.3, 0.4) is 0 Å². The quantitative estimate of drug-likeness (QED) is 0.0367. The van der Waals surface area contributed by atoms with Crippen molar-refractivity contribution >= 4 is 119 Å². The molecule has 0 atom stereocenters. The molecule has 0 aromatic heterocycles. The average Bonchev–Trinajstić information content (AvgIpc) is 2.97. The first-order valence-corrected chi connectivity index (χ1v) is 15.8. The number of carboxylic acids is 2. The van der Waals surface area contributed by atoms with Gasteiger partial charge in [-0.25, -0.2) is 9.59 Å². The maximum absolute atomic E-state index is 12.2. The number of nitrogens with two attached hydrogens (primary N) is 4. The minimum Gasteiger partial charge on any atom is -0.478 e. The molecular weight excluding hydrogens is 695 g/mol. The van der Waals surface area contributed by atoms with Gasteiger partial charge in [0.25, 0.3) is 20.2 Å². The molecule has 21 heteroatoms. The van der Waals surface area contributed by atoms with Gasteiger partial charge in [0.05, 0.1) is 33.9 Å². The standard InChI is InChI=1S/C28H24N8O10S2.Na/c29-15-7-19(27(37)38)25(21(31)9-15)35-33-17-5-3-13(23(11-17)47(41,42)43)1-2-14-4-6-18(12-24(14)48(44,45)46)34-36-26-20(28(39)40)8-16(30)10-22(26)32;/h1-12H,29-32H2,(H,37,38)(H,39,40)(H,41,42,43)(H,44,45,46);. The van der Waals surface area contributed by atoms with E-state index in [-0.39, 0.29) is 97.3 Å². The van der Waals surface area contributed by atoms with Crippen molar-refractivity contribution in [2.24, 2.45) is 20.5 Å². The number of nitrogen functional groups attached to an aromatic ring is 4. The van der Waals surface area contributed by atoms with Crippen LogP contribution in [0.15, 0.2) is 90.9 Å². The van der Waals surface area contributed by atoms with Gasteiger partial charge in [0, 0.05) is 40.9 Å². The molecule has 0 amide bonds. The summed E-state index contributed by atoms with van der Waals surface area (Å²) in [7, 11) is -9.83. The van der Waals surface area contributed by atoms with E-state index in [1.165, 1.54) is 36.4 Å². The second-order valence-corrected chi connectivity index (χ2v) is 12.5. The van der Waals surface area contributed by atoms with Gasteiger partial charge in [-0.2, -0.15) is 27.1 Å². The first kappa shape index (κ1) is 38.2. The largest absolute Gasteiger partial charge is 0.478 e. The van der Waals surface area contributed by atoms with E-state index in [2.05, 4.69) is 20.5 Å². The predicted octanol–water partition coefficient (Wildman–Crippen LogP) is 4.53. The third-order valence-electron chi connectivity index (χ3n) is 6.31. The summed E-state index contributed by atoms with van der Waals surface area (Å²) in [5, 5.41) is 34.1. The third kappa shape index (κ3) is 9.23. The number of carboxylic acid groups (broad SMARTS) is 2. The molecule has 0 aliphatic heterocycles. The molecule has 0 bridgehead atoms. The van der Waals surface area contributed by atoms with E-state index >= 15 is 0 Å². The van der Waals surface area contributed by atoms with Crippen molar-refractivity contribution < 1.29 is 45.7 Å². The van der Waals surface area contributed by atoms with Crippen molar-refractivity contribution in [3.63, 3.8) is 0 Å². The van der Waals surface area contributed by atoms with Gasteiger partial charge in [-0.1, -0.05) is 24.3 Å². The molecule has 49 heavy (non-hydrogen) atoms. The second kappa shape index (κ2) is 14.9. The molecule has 18 nitrogen and oxygen atoms in total. The number of azo groups is 2. The molecule has 12 N–H and O–H groups in total. The summed E-state index contributed by atoms with van der Waals surface area (Å²) in [6.45, 7) is 0. The van der Waals surface area contributed by atoms with Crippen LogP contribution in [-0.2, 0) is 20.2 Å². The summed E-state index contributed by atoms with van der Waals surface area (Å²) in [6, 6.07) is 11.4. The van der Waals surface area contributed by atoms with Crippen molar-refractivity contribution in [2.75, 3.05) is 22.9 Å². The van der Waals surface area contributed by atoms with Crippen molar-refractivity contribution in [1.29, 1.82) is 0 Å². The van der Waals surface area contributed by atoms with Crippen LogP contribution in [0.4, 0.5) is 45.5 Å². The van der Waals surface area contributed by atoms with Crippen LogP contribution in [0.25, 0.3) is 12.2 Å². The molecule has 0 unspecified atom stereocenters. The minimum absolute atomic E-state index is 0.